The Morgan fingerprint density at radius 1 is 1.47 bits per heavy atom. The highest BCUT2D eigenvalue weighted by atomic mass is 35.5. The number of ether oxygens (including phenoxy) is 1. The summed E-state index contributed by atoms with van der Waals surface area (Å²) in [5, 5.41) is 0.102. The summed E-state index contributed by atoms with van der Waals surface area (Å²) in [4.78, 5) is 1.20. The molecule has 4 heteroatoms. The standard InChI is InChI=1S/C11H14Cl2OS/c1-7-6-9(15-11(7)13)10(12)8-2-4-14-5-3-8/h6,8,10H,2-5H2,1H3. The van der Waals surface area contributed by atoms with Gasteiger partial charge in [0.15, 0.2) is 0 Å². The van der Waals surface area contributed by atoms with Crippen LogP contribution in [0.4, 0.5) is 0 Å². The third-order valence-corrected chi connectivity index (χ3v) is 5.19. The largest absolute Gasteiger partial charge is 0.381 e. The van der Waals surface area contributed by atoms with Crippen molar-refractivity contribution in [2.24, 2.45) is 5.92 Å². The van der Waals surface area contributed by atoms with Crippen LogP contribution in [-0.2, 0) is 4.74 Å². The summed E-state index contributed by atoms with van der Waals surface area (Å²) in [5.41, 5.74) is 1.13. The second-order valence-electron chi connectivity index (χ2n) is 3.96. The van der Waals surface area contributed by atoms with Crippen LogP contribution in [0.15, 0.2) is 6.07 Å². The molecule has 84 valence electrons. The van der Waals surface area contributed by atoms with E-state index in [1.54, 1.807) is 11.3 Å². The highest BCUT2D eigenvalue weighted by Gasteiger charge is 2.25. The third kappa shape index (κ3) is 2.68. The second-order valence-corrected chi connectivity index (χ2v) is 6.11. The Labute approximate surface area is 104 Å². The molecule has 0 spiro atoms. The Hall–Kier alpha value is 0.240. The summed E-state index contributed by atoms with van der Waals surface area (Å²) in [7, 11) is 0. The van der Waals surface area contributed by atoms with Gasteiger partial charge in [-0.15, -0.1) is 22.9 Å². The van der Waals surface area contributed by atoms with Gasteiger partial charge >= 0.3 is 0 Å². The van der Waals surface area contributed by atoms with E-state index < -0.39 is 0 Å². The van der Waals surface area contributed by atoms with Crippen molar-refractivity contribution in [3.63, 3.8) is 0 Å². The average molecular weight is 265 g/mol. The number of alkyl halides is 1. The number of aryl methyl sites for hydroxylation is 1. The summed E-state index contributed by atoms with van der Waals surface area (Å²) in [6.07, 6.45) is 2.12. The summed E-state index contributed by atoms with van der Waals surface area (Å²) in [5.74, 6) is 0.537. The van der Waals surface area contributed by atoms with Crippen LogP contribution >= 0.6 is 34.5 Å². The highest BCUT2D eigenvalue weighted by molar-refractivity contribution is 7.16. The van der Waals surface area contributed by atoms with Crippen molar-refractivity contribution >= 4 is 34.5 Å². The minimum absolute atomic E-state index is 0.102. The summed E-state index contributed by atoms with van der Waals surface area (Å²) < 4.78 is 6.20. The molecule has 0 N–H and O–H groups in total. The van der Waals surface area contributed by atoms with Crippen molar-refractivity contribution in [1.82, 2.24) is 0 Å². The Morgan fingerprint density at radius 2 is 2.13 bits per heavy atom. The lowest BCUT2D eigenvalue weighted by Gasteiger charge is -2.25. The summed E-state index contributed by atoms with van der Waals surface area (Å²) in [6, 6.07) is 2.11. The van der Waals surface area contributed by atoms with Crippen LogP contribution in [0.25, 0.3) is 0 Å². The van der Waals surface area contributed by atoms with Gasteiger partial charge in [-0.2, -0.15) is 0 Å². The van der Waals surface area contributed by atoms with Crippen LogP contribution in [0.2, 0.25) is 4.34 Å². The fourth-order valence-corrected chi connectivity index (χ4v) is 3.60. The van der Waals surface area contributed by atoms with Gasteiger partial charge in [0.2, 0.25) is 0 Å². The molecule has 1 fully saturated rings. The average Bonchev–Trinajstić information content (AvgIpc) is 2.59. The van der Waals surface area contributed by atoms with Crippen molar-refractivity contribution in [2.45, 2.75) is 25.1 Å². The maximum Gasteiger partial charge on any atom is 0.0960 e. The molecule has 1 aliphatic rings. The van der Waals surface area contributed by atoms with Crippen molar-refractivity contribution in [3.8, 4) is 0 Å². The molecule has 0 saturated carbocycles. The van der Waals surface area contributed by atoms with E-state index in [-0.39, 0.29) is 5.38 Å². The molecule has 1 atom stereocenters. The maximum atomic E-state index is 6.47. The smallest absolute Gasteiger partial charge is 0.0960 e. The van der Waals surface area contributed by atoms with E-state index in [0.29, 0.717) is 5.92 Å². The van der Waals surface area contributed by atoms with E-state index in [9.17, 15) is 0 Å². The number of rotatable bonds is 2. The molecule has 1 aliphatic heterocycles. The monoisotopic (exact) mass is 264 g/mol. The molecule has 2 heterocycles. The van der Waals surface area contributed by atoms with Crippen LogP contribution < -0.4 is 0 Å². The molecule has 1 saturated heterocycles. The molecule has 2 rings (SSSR count). The fraction of sp³-hybridized carbons (Fsp3) is 0.636. The minimum atomic E-state index is 0.102. The second kappa shape index (κ2) is 5.05. The van der Waals surface area contributed by atoms with Gasteiger partial charge < -0.3 is 4.74 Å². The Bertz CT molecular complexity index is 312. The molecule has 0 bridgehead atoms. The van der Waals surface area contributed by atoms with E-state index in [0.717, 1.165) is 36.0 Å². The van der Waals surface area contributed by atoms with Gasteiger partial charge in [-0.05, 0) is 37.3 Å². The molecule has 0 amide bonds. The van der Waals surface area contributed by atoms with Gasteiger partial charge in [-0.25, -0.2) is 0 Å². The van der Waals surface area contributed by atoms with E-state index in [2.05, 4.69) is 6.07 Å². The fourth-order valence-electron chi connectivity index (χ4n) is 1.86. The Balaban J connectivity index is 2.08. The van der Waals surface area contributed by atoms with Gasteiger partial charge in [0.25, 0.3) is 0 Å². The van der Waals surface area contributed by atoms with E-state index >= 15 is 0 Å². The zero-order valence-corrected chi connectivity index (χ0v) is 11.0. The van der Waals surface area contributed by atoms with Crippen LogP contribution in [0.5, 0.6) is 0 Å². The first-order chi connectivity index (χ1) is 7.18. The zero-order valence-electron chi connectivity index (χ0n) is 8.63. The predicted octanol–water partition coefficient (Wildman–Crippen LogP) is 4.42. The zero-order chi connectivity index (χ0) is 10.8. The third-order valence-electron chi connectivity index (χ3n) is 2.83. The van der Waals surface area contributed by atoms with Gasteiger partial charge in [0.05, 0.1) is 9.71 Å². The first-order valence-corrected chi connectivity index (χ1v) is 6.79. The molecular formula is C11H14Cl2OS. The molecule has 0 aliphatic carbocycles. The van der Waals surface area contributed by atoms with E-state index in [4.69, 9.17) is 27.9 Å². The number of hydrogen-bond donors (Lipinski definition) is 0. The molecule has 0 radical (unpaired) electrons. The lowest BCUT2D eigenvalue weighted by Crippen LogP contribution is -2.18. The lowest BCUT2D eigenvalue weighted by molar-refractivity contribution is 0.0653. The van der Waals surface area contributed by atoms with Gasteiger partial charge in [-0.3, -0.25) is 0 Å². The van der Waals surface area contributed by atoms with E-state index in [1.165, 1.54) is 4.88 Å². The highest BCUT2D eigenvalue weighted by Crippen LogP contribution is 2.41. The molecular weight excluding hydrogens is 251 g/mol. The topological polar surface area (TPSA) is 9.23 Å². The van der Waals surface area contributed by atoms with Gasteiger partial charge in [0, 0.05) is 18.1 Å². The molecule has 1 unspecified atom stereocenters. The molecule has 1 nitrogen and oxygen atoms in total. The van der Waals surface area contributed by atoms with Gasteiger partial charge in [-0.1, -0.05) is 11.6 Å². The number of halogens is 2. The van der Waals surface area contributed by atoms with Crippen LogP contribution in [0, 0.1) is 12.8 Å². The number of thiophene rings is 1. The molecule has 0 aromatic carbocycles. The summed E-state index contributed by atoms with van der Waals surface area (Å²) in [6.45, 7) is 3.70. The molecule has 1 aromatic rings. The van der Waals surface area contributed by atoms with E-state index in [1.807, 2.05) is 6.92 Å². The number of hydrogen-bond acceptors (Lipinski definition) is 2. The molecule has 1 aromatic heterocycles. The predicted molar refractivity (Wildman–Crippen MR) is 66.2 cm³/mol. The van der Waals surface area contributed by atoms with Crippen molar-refractivity contribution in [1.29, 1.82) is 0 Å². The van der Waals surface area contributed by atoms with Gasteiger partial charge in [0.1, 0.15) is 0 Å². The molecule has 15 heavy (non-hydrogen) atoms. The first kappa shape index (κ1) is 11.7. The van der Waals surface area contributed by atoms with Crippen molar-refractivity contribution in [2.75, 3.05) is 13.2 Å². The minimum Gasteiger partial charge on any atom is -0.381 e. The maximum absolute atomic E-state index is 6.47. The van der Waals surface area contributed by atoms with Crippen LogP contribution in [0.3, 0.4) is 0 Å². The Morgan fingerprint density at radius 3 is 2.67 bits per heavy atom. The summed E-state index contributed by atoms with van der Waals surface area (Å²) >= 11 is 14.1. The normalized spacial score (nSPS) is 20.5. The Kier molecular flexibility index (Phi) is 3.94. The lowest BCUT2D eigenvalue weighted by atomic mass is 9.95. The van der Waals surface area contributed by atoms with Crippen LogP contribution in [-0.4, -0.2) is 13.2 Å². The quantitative estimate of drug-likeness (QED) is 0.719. The van der Waals surface area contributed by atoms with Crippen molar-refractivity contribution in [3.05, 3.63) is 20.8 Å². The first-order valence-electron chi connectivity index (χ1n) is 5.16. The van der Waals surface area contributed by atoms with Crippen LogP contribution in [0.1, 0.15) is 28.7 Å². The SMILES string of the molecule is Cc1cc(C(Cl)C2CCOCC2)sc1Cl. The van der Waals surface area contributed by atoms with Crippen molar-refractivity contribution < 1.29 is 4.74 Å².